The smallest absolute Gasteiger partial charge is 0.408 e. The molecule has 0 heterocycles. The summed E-state index contributed by atoms with van der Waals surface area (Å²) in [4.78, 5) is 48.9. The van der Waals surface area contributed by atoms with Gasteiger partial charge in [-0.05, 0) is 51.0 Å². The van der Waals surface area contributed by atoms with Gasteiger partial charge in [-0.3, -0.25) is 14.9 Å². The van der Waals surface area contributed by atoms with E-state index in [9.17, 15) is 24.5 Å². The van der Waals surface area contributed by atoms with Gasteiger partial charge in [-0.15, -0.1) is 0 Å². The molecule has 3 aromatic rings. The second-order valence-corrected chi connectivity index (χ2v) is 9.86. The molecule has 0 aliphatic rings. The van der Waals surface area contributed by atoms with E-state index in [0.29, 0.717) is 5.69 Å². The van der Waals surface area contributed by atoms with Crippen molar-refractivity contribution >= 4 is 40.7 Å². The first kappa shape index (κ1) is 29.6. The Balaban J connectivity index is 1.70. The Morgan fingerprint density at radius 3 is 2.20 bits per heavy atom. The molecule has 3 aromatic carbocycles. The minimum Gasteiger partial charge on any atom is -0.459 e. The number of benzene rings is 3. The van der Waals surface area contributed by atoms with Crippen molar-refractivity contribution in [2.45, 2.75) is 51.9 Å². The third kappa shape index (κ3) is 9.75. The molecule has 1 atom stereocenters. The first-order chi connectivity index (χ1) is 19.0. The number of hydrogen-bond donors (Lipinski definition) is 3. The molecule has 0 bridgehead atoms. The molecule has 0 saturated carbocycles. The number of carbonyl (C=O) groups is 3. The molecule has 0 radical (unpaired) electrons. The summed E-state index contributed by atoms with van der Waals surface area (Å²) in [6, 6.07) is 21.0. The number of carbonyl (C=O) groups excluding carboxylic acids is 3. The van der Waals surface area contributed by atoms with Crippen molar-refractivity contribution in [3.63, 3.8) is 0 Å². The molecule has 0 unspecified atom stereocenters. The lowest BCUT2D eigenvalue weighted by Crippen LogP contribution is -2.44. The van der Waals surface area contributed by atoms with Crippen molar-refractivity contribution < 1.29 is 28.8 Å². The van der Waals surface area contributed by atoms with Crippen molar-refractivity contribution in [2.75, 3.05) is 10.6 Å². The highest BCUT2D eigenvalue weighted by molar-refractivity contribution is 5.96. The maximum Gasteiger partial charge on any atom is 0.408 e. The monoisotopic (exact) mass is 548 g/mol. The zero-order valence-electron chi connectivity index (χ0n) is 22.5. The Labute approximate surface area is 232 Å². The number of para-hydroxylation sites is 1. The number of alkyl carbamates (subject to hydrolysis) is 1. The van der Waals surface area contributed by atoms with Crippen LogP contribution in [0.2, 0.25) is 0 Å². The summed E-state index contributed by atoms with van der Waals surface area (Å²) in [5, 5.41) is 19.6. The van der Waals surface area contributed by atoms with Gasteiger partial charge in [-0.2, -0.15) is 0 Å². The fraction of sp³-hybridized carbons (Fsp3) is 0.276. The van der Waals surface area contributed by atoms with Gasteiger partial charge in [0.2, 0.25) is 5.91 Å². The number of non-ortho nitro benzene ring substituents is 1. The van der Waals surface area contributed by atoms with E-state index in [1.165, 1.54) is 18.2 Å². The van der Waals surface area contributed by atoms with Crippen LogP contribution in [0.15, 0.2) is 78.9 Å². The van der Waals surface area contributed by atoms with Crippen LogP contribution in [0.4, 0.5) is 27.5 Å². The van der Waals surface area contributed by atoms with Crippen LogP contribution in [-0.4, -0.2) is 34.5 Å². The van der Waals surface area contributed by atoms with Gasteiger partial charge >= 0.3 is 12.1 Å². The largest absolute Gasteiger partial charge is 0.459 e. The van der Waals surface area contributed by atoms with Crippen LogP contribution in [0.25, 0.3) is 0 Å². The van der Waals surface area contributed by atoms with Gasteiger partial charge in [0.1, 0.15) is 18.2 Å². The average Bonchev–Trinajstić information content (AvgIpc) is 2.90. The van der Waals surface area contributed by atoms with E-state index in [1.807, 2.05) is 24.3 Å². The molecule has 3 N–H and O–H groups in total. The SMILES string of the molecule is CC(C)(C)OC(=O)N[C@@H](CCC(=O)Nc1cc([N+](=O)[O-])ccc1Nc1ccccc1)C(=O)OCc1ccccc1. The Kier molecular flexibility index (Phi) is 10.2. The Morgan fingerprint density at radius 1 is 0.925 bits per heavy atom. The van der Waals surface area contributed by atoms with E-state index in [0.717, 1.165) is 11.3 Å². The standard InChI is InChI=1S/C29H32N4O7/c1-29(2,3)40-28(36)32-24(27(35)39-19-20-10-6-4-7-11-20)16-17-26(34)31-25-18-22(33(37)38)14-15-23(25)30-21-12-8-5-9-13-21/h4-15,18,24,30H,16-17,19H2,1-3H3,(H,31,34)(H,32,36)/t24-/m0/s1. The zero-order valence-corrected chi connectivity index (χ0v) is 22.5. The van der Waals surface area contributed by atoms with Gasteiger partial charge in [0.15, 0.2) is 0 Å². The Morgan fingerprint density at radius 2 is 1.57 bits per heavy atom. The Hall–Kier alpha value is -4.93. The van der Waals surface area contributed by atoms with E-state index < -0.39 is 34.5 Å². The van der Waals surface area contributed by atoms with E-state index in [-0.39, 0.29) is 30.8 Å². The molecule has 210 valence electrons. The van der Waals surface area contributed by atoms with Gasteiger partial charge in [-0.1, -0.05) is 48.5 Å². The molecule has 0 aliphatic heterocycles. The van der Waals surface area contributed by atoms with Crippen LogP contribution in [0, 0.1) is 10.1 Å². The molecule has 0 aliphatic carbocycles. The molecule has 11 heteroatoms. The van der Waals surface area contributed by atoms with E-state index >= 15 is 0 Å². The lowest BCUT2D eigenvalue weighted by Gasteiger charge is -2.23. The zero-order chi connectivity index (χ0) is 29.1. The van der Waals surface area contributed by atoms with Crippen LogP contribution in [-0.2, 0) is 25.7 Å². The van der Waals surface area contributed by atoms with Gasteiger partial charge in [0, 0.05) is 24.2 Å². The minimum atomic E-state index is -1.17. The summed E-state index contributed by atoms with van der Waals surface area (Å²) in [6.07, 6.45) is -1.13. The number of amides is 2. The van der Waals surface area contributed by atoms with Crippen molar-refractivity contribution in [3.8, 4) is 0 Å². The molecule has 0 spiro atoms. The Bertz CT molecular complexity index is 1330. The molecule has 3 rings (SSSR count). The average molecular weight is 549 g/mol. The van der Waals surface area contributed by atoms with E-state index in [4.69, 9.17) is 9.47 Å². The number of rotatable bonds is 11. The van der Waals surface area contributed by atoms with Gasteiger partial charge in [0.25, 0.3) is 5.69 Å². The van der Waals surface area contributed by atoms with Crippen LogP contribution in [0.3, 0.4) is 0 Å². The molecular formula is C29H32N4O7. The van der Waals surface area contributed by atoms with Crippen molar-refractivity contribution in [1.29, 1.82) is 0 Å². The van der Waals surface area contributed by atoms with Crippen LogP contribution in [0.1, 0.15) is 39.2 Å². The lowest BCUT2D eigenvalue weighted by molar-refractivity contribution is -0.384. The van der Waals surface area contributed by atoms with Crippen LogP contribution >= 0.6 is 0 Å². The normalized spacial score (nSPS) is 11.6. The fourth-order valence-electron chi connectivity index (χ4n) is 3.55. The second kappa shape index (κ2) is 13.7. The number of ether oxygens (including phenoxy) is 2. The van der Waals surface area contributed by atoms with Crippen molar-refractivity contribution in [1.82, 2.24) is 5.32 Å². The molecule has 40 heavy (non-hydrogen) atoms. The van der Waals surface area contributed by atoms with Gasteiger partial charge < -0.3 is 25.4 Å². The van der Waals surface area contributed by atoms with Crippen LogP contribution in [0.5, 0.6) is 0 Å². The number of nitro groups is 1. The number of anilines is 3. The third-order valence-corrected chi connectivity index (χ3v) is 5.40. The molecule has 11 nitrogen and oxygen atoms in total. The number of nitro benzene ring substituents is 1. The lowest BCUT2D eigenvalue weighted by atomic mass is 10.1. The highest BCUT2D eigenvalue weighted by Crippen LogP contribution is 2.30. The fourth-order valence-corrected chi connectivity index (χ4v) is 3.55. The second-order valence-electron chi connectivity index (χ2n) is 9.86. The third-order valence-electron chi connectivity index (χ3n) is 5.40. The van der Waals surface area contributed by atoms with Gasteiger partial charge in [0.05, 0.1) is 16.3 Å². The quantitative estimate of drug-likeness (QED) is 0.157. The highest BCUT2D eigenvalue weighted by Gasteiger charge is 2.26. The summed E-state index contributed by atoms with van der Waals surface area (Å²) in [5.41, 5.74) is 1.10. The first-order valence-corrected chi connectivity index (χ1v) is 12.6. The predicted octanol–water partition coefficient (Wildman–Crippen LogP) is 5.69. The predicted molar refractivity (Wildman–Crippen MR) is 150 cm³/mol. The topological polar surface area (TPSA) is 149 Å². The summed E-state index contributed by atoms with van der Waals surface area (Å²) in [6.45, 7) is 5.04. The molecule has 0 aromatic heterocycles. The van der Waals surface area contributed by atoms with Crippen molar-refractivity contribution in [2.24, 2.45) is 0 Å². The summed E-state index contributed by atoms with van der Waals surface area (Å²) < 4.78 is 10.6. The molecule has 0 saturated heterocycles. The number of hydrogen-bond acceptors (Lipinski definition) is 8. The summed E-state index contributed by atoms with van der Waals surface area (Å²) in [5.74, 6) is -1.26. The van der Waals surface area contributed by atoms with Crippen molar-refractivity contribution in [3.05, 3.63) is 94.5 Å². The molecule has 0 fully saturated rings. The van der Waals surface area contributed by atoms with E-state index in [1.54, 1.807) is 57.2 Å². The molecular weight excluding hydrogens is 516 g/mol. The number of nitrogens with one attached hydrogen (secondary N) is 3. The molecule has 2 amide bonds. The number of esters is 1. The number of nitrogens with zero attached hydrogens (tertiary/aromatic N) is 1. The summed E-state index contributed by atoms with van der Waals surface area (Å²) in [7, 11) is 0. The minimum absolute atomic E-state index is 0.0133. The van der Waals surface area contributed by atoms with E-state index in [2.05, 4.69) is 16.0 Å². The maximum atomic E-state index is 12.9. The summed E-state index contributed by atoms with van der Waals surface area (Å²) >= 11 is 0. The maximum absolute atomic E-state index is 12.9. The first-order valence-electron chi connectivity index (χ1n) is 12.6. The van der Waals surface area contributed by atoms with Gasteiger partial charge in [-0.25, -0.2) is 9.59 Å². The highest BCUT2D eigenvalue weighted by atomic mass is 16.6. The van der Waals surface area contributed by atoms with Crippen LogP contribution < -0.4 is 16.0 Å².